The highest BCUT2D eigenvalue weighted by Gasteiger charge is 2.35. The molecule has 2 saturated carbocycles. The molecule has 8 aromatic rings. The van der Waals surface area contributed by atoms with Crippen molar-refractivity contribution in [2.45, 2.75) is 195 Å². The molecular formula is C92H112N6O14S2. The minimum atomic E-state index is -0.480. The SMILES string of the molecule is C=CC(=O)OCCCCCCOc1ccc(OC(=O)C2CCC(C(=O)Oc3ccc(-c4ccc(OC(=O)C5CCC(C(=O)Oc6ccc(OCCCCCCOC(=O)C=C)cc6)CC5)c(/C=N/N(CC(CC)CCCCC)c5nc6ccccc6s5)c4)cc3/C=N/N(CC(CC)CCCCC)c3nc4ccccc4s3)CC2)cc1. The lowest BCUT2D eigenvalue weighted by molar-refractivity contribution is -0.145. The summed E-state index contributed by atoms with van der Waals surface area (Å²) in [4.78, 5) is 89.3. The maximum atomic E-state index is 14.6. The normalized spacial score (nSPS) is 16.1. The van der Waals surface area contributed by atoms with Crippen molar-refractivity contribution in [3.8, 4) is 45.6 Å². The van der Waals surface area contributed by atoms with E-state index in [1.807, 2.05) is 82.8 Å². The third kappa shape index (κ3) is 27.1. The summed E-state index contributed by atoms with van der Waals surface area (Å²) in [5.74, 6) is -0.650. The molecule has 0 amide bonds. The Hall–Kier alpha value is -10.1. The van der Waals surface area contributed by atoms with Crippen LogP contribution in [0, 0.1) is 35.5 Å². The second-order valence-corrected chi connectivity index (χ2v) is 31.6. The first-order valence-electron chi connectivity index (χ1n) is 41.2. The number of aromatic nitrogens is 2. The number of carbonyl (C=O) groups excluding carboxylic acids is 6. The lowest BCUT2D eigenvalue weighted by Crippen LogP contribution is -2.30. The number of nitrogens with zero attached hydrogens (tertiary/aromatic N) is 6. The Morgan fingerprint density at radius 2 is 0.781 bits per heavy atom. The molecule has 22 heteroatoms. The van der Waals surface area contributed by atoms with Crippen LogP contribution >= 0.6 is 22.7 Å². The Kier molecular flexibility index (Phi) is 35.1. The maximum Gasteiger partial charge on any atom is 0.330 e. The fourth-order valence-electron chi connectivity index (χ4n) is 14.2. The molecule has 2 atom stereocenters. The molecule has 0 radical (unpaired) electrons. The number of anilines is 2. The number of fused-ring (bicyclic) bond motifs is 2. The molecule has 2 aliphatic carbocycles. The summed E-state index contributed by atoms with van der Waals surface area (Å²) < 4.78 is 48.8. The molecule has 0 spiro atoms. The topological polar surface area (TPSA) is 233 Å². The van der Waals surface area contributed by atoms with Gasteiger partial charge in [0.15, 0.2) is 0 Å². The van der Waals surface area contributed by atoms with Gasteiger partial charge in [0, 0.05) is 36.4 Å². The first-order chi connectivity index (χ1) is 55.7. The van der Waals surface area contributed by atoms with Crippen LogP contribution in [0.3, 0.4) is 0 Å². The molecule has 0 saturated heterocycles. The van der Waals surface area contributed by atoms with Crippen LogP contribution < -0.4 is 38.4 Å². The second-order valence-electron chi connectivity index (χ2n) is 29.6. The van der Waals surface area contributed by atoms with E-state index in [-0.39, 0.29) is 11.9 Å². The fraction of sp³-hybridized carbons (Fsp3) is 0.457. The van der Waals surface area contributed by atoms with Crippen molar-refractivity contribution < 1.29 is 66.7 Å². The number of ether oxygens (including phenoxy) is 8. The van der Waals surface area contributed by atoms with E-state index in [0.29, 0.717) is 148 Å². The molecule has 0 N–H and O–H groups in total. The van der Waals surface area contributed by atoms with Crippen LogP contribution in [0.5, 0.6) is 34.5 Å². The second kappa shape index (κ2) is 46.3. The number of carbonyl (C=O) groups is 6. The molecule has 2 unspecified atom stereocenters. The lowest BCUT2D eigenvalue weighted by Gasteiger charge is -2.26. The van der Waals surface area contributed by atoms with Crippen LogP contribution in [-0.2, 0) is 38.2 Å². The monoisotopic (exact) mass is 1590 g/mol. The van der Waals surface area contributed by atoms with Gasteiger partial charge in [0.25, 0.3) is 0 Å². The van der Waals surface area contributed by atoms with E-state index in [1.54, 1.807) is 83.6 Å². The average Bonchev–Trinajstić information content (AvgIpc) is 0.914. The van der Waals surface area contributed by atoms with Gasteiger partial charge in [-0.15, -0.1) is 0 Å². The average molecular weight is 1590 g/mol. The smallest absolute Gasteiger partial charge is 0.330 e. The van der Waals surface area contributed by atoms with Crippen LogP contribution in [0.2, 0.25) is 0 Å². The van der Waals surface area contributed by atoms with Gasteiger partial charge in [-0.05, 0) is 236 Å². The van der Waals surface area contributed by atoms with Crippen molar-refractivity contribution in [2.75, 3.05) is 49.5 Å². The maximum absolute atomic E-state index is 14.6. The van der Waals surface area contributed by atoms with Gasteiger partial charge in [-0.3, -0.25) is 19.2 Å². The van der Waals surface area contributed by atoms with Crippen molar-refractivity contribution in [1.29, 1.82) is 0 Å². The van der Waals surface area contributed by atoms with Crippen molar-refractivity contribution >= 4 is 102 Å². The summed E-state index contributed by atoms with van der Waals surface area (Å²) in [6, 6.07) is 41.6. The van der Waals surface area contributed by atoms with Crippen LogP contribution in [-0.4, -0.2) is 97.7 Å². The van der Waals surface area contributed by atoms with E-state index in [1.165, 1.54) is 0 Å². The van der Waals surface area contributed by atoms with E-state index in [9.17, 15) is 28.8 Å². The summed E-state index contributed by atoms with van der Waals surface area (Å²) in [6.07, 6.45) is 26.9. The van der Waals surface area contributed by atoms with E-state index in [0.717, 1.165) is 170 Å². The molecule has 2 heterocycles. The summed E-state index contributed by atoms with van der Waals surface area (Å²) in [5, 5.41) is 16.0. The molecule has 2 aliphatic rings. The first kappa shape index (κ1) is 86.3. The van der Waals surface area contributed by atoms with Crippen molar-refractivity contribution in [3.05, 3.63) is 170 Å². The molecule has 2 fully saturated rings. The molecule has 20 nitrogen and oxygen atoms in total. The number of benzene rings is 6. The van der Waals surface area contributed by atoms with Gasteiger partial charge in [-0.1, -0.05) is 151 Å². The van der Waals surface area contributed by atoms with Gasteiger partial charge in [0.1, 0.15) is 34.5 Å². The molecule has 10 rings (SSSR count). The van der Waals surface area contributed by atoms with E-state index in [2.05, 4.69) is 53.0 Å². The number of para-hydroxylation sites is 2. The van der Waals surface area contributed by atoms with Crippen LogP contribution in [0.4, 0.5) is 10.3 Å². The van der Waals surface area contributed by atoms with Crippen molar-refractivity contribution in [2.24, 2.45) is 45.7 Å². The van der Waals surface area contributed by atoms with Crippen LogP contribution in [0.25, 0.3) is 31.6 Å². The third-order valence-corrected chi connectivity index (χ3v) is 23.3. The first-order valence-corrected chi connectivity index (χ1v) is 42.9. The molecule has 0 bridgehead atoms. The molecule has 114 heavy (non-hydrogen) atoms. The molecule has 606 valence electrons. The van der Waals surface area contributed by atoms with Crippen LogP contribution in [0.1, 0.15) is 206 Å². The zero-order valence-electron chi connectivity index (χ0n) is 66.7. The number of hydrogen-bond donors (Lipinski definition) is 0. The highest BCUT2D eigenvalue weighted by atomic mass is 32.1. The summed E-state index contributed by atoms with van der Waals surface area (Å²) >= 11 is 3.16. The molecule has 0 aliphatic heterocycles. The minimum Gasteiger partial charge on any atom is -0.494 e. The van der Waals surface area contributed by atoms with Crippen molar-refractivity contribution in [1.82, 2.24) is 9.97 Å². The van der Waals surface area contributed by atoms with Gasteiger partial charge in [-0.2, -0.15) is 10.2 Å². The van der Waals surface area contributed by atoms with Gasteiger partial charge in [-0.25, -0.2) is 29.6 Å². The van der Waals surface area contributed by atoms with E-state index < -0.39 is 47.5 Å². The number of thiazole rings is 2. The Morgan fingerprint density at radius 3 is 1.13 bits per heavy atom. The standard InChI is InChI=1S/C92H112N6O14S2/c1-7-13-19-29-65(9-3)63-97(91-95-79-31-21-23-33-83(79)113-91)93-61-73-59-71(43-53-81(73)111-89(103)69-39-35-67(36-40-69)87(101)109-77-49-45-75(46-50-77)105-55-25-15-17-27-57-107-85(99)11-5)72-44-54-82(74(60-72)62-94-98(64-66(10-4)30-20-14-8-2)92-96-80-32-22-24-34-84(80)114-92)112-90(104)70-41-37-68(38-42-70)88(102)110-78-51-47-76(48-52-78)106-56-26-16-18-28-58-108-86(100)12-6/h11-12,21-24,31-34,43-54,59-62,65-70H,5-10,13-20,25-30,35-42,55-58,63-64H2,1-4H3/b93-61+,94-62+. The summed E-state index contributed by atoms with van der Waals surface area (Å²) in [7, 11) is 0. The van der Waals surface area contributed by atoms with Gasteiger partial charge in [0.05, 0.1) is 83.0 Å². The summed E-state index contributed by atoms with van der Waals surface area (Å²) in [6.45, 7) is 18.7. The number of hydrazone groups is 2. The fourth-order valence-corrected chi connectivity index (χ4v) is 16.0. The number of unbranched alkanes of at least 4 members (excludes halogenated alkanes) is 10. The van der Waals surface area contributed by atoms with Crippen molar-refractivity contribution in [3.63, 3.8) is 0 Å². The van der Waals surface area contributed by atoms with Crippen LogP contribution in [0.15, 0.2) is 169 Å². The lowest BCUT2D eigenvalue weighted by atomic mass is 9.82. The van der Waals surface area contributed by atoms with Gasteiger partial charge < -0.3 is 37.9 Å². The van der Waals surface area contributed by atoms with Gasteiger partial charge >= 0.3 is 35.8 Å². The Bertz CT molecular complexity index is 4120. The highest BCUT2D eigenvalue weighted by Crippen LogP contribution is 2.39. The predicted octanol–water partition coefficient (Wildman–Crippen LogP) is 21.4. The highest BCUT2D eigenvalue weighted by molar-refractivity contribution is 7.22. The molecule has 6 aromatic carbocycles. The molecule has 2 aromatic heterocycles. The zero-order chi connectivity index (χ0) is 80.2. The van der Waals surface area contributed by atoms with E-state index in [4.69, 9.17) is 58.1 Å². The Balaban J connectivity index is 0.879. The number of hydrogen-bond acceptors (Lipinski definition) is 22. The summed E-state index contributed by atoms with van der Waals surface area (Å²) in [5.41, 5.74) is 4.39. The largest absolute Gasteiger partial charge is 0.494 e. The van der Waals surface area contributed by atoms with Gasteiger partial charge in [0.2, 0.25) is 10.3 Å². The van der Waals surface area contributed by atoms with E-state index >= 15 is 0 Å². The zero-order valence-corrected chi connectivity index (χ0v) is 68.4. The third-order valence-electron chi connectivity index (χ3n) is 21.2. The Labute approximate surface area is 679 Å². The molecular weight excluding hydrogens is 1480 g/mol. The minimum absolute atomic E-state index is 0.318. The predicted molar refractivity (Wildman–Crippen MR) is 453 cm³/mol. The number of esters is 6. The Morgan fingerprint density at radius 1 is 0.430 bits per heavy atom. The number of rotatable bonds is 47. The quantitative estimate of drug-likeness (QED) is 0.00861.